The van der Waals surface area contributed by atoms with Gasteiger partial charge in [-0.25, -0.2) is 8.42 Å². The summed E-state index contributed by atoms with van der Waals surface area (Å²) >= 11 is 0. The van der Waals surface area contributed by atoms with Gasteiger partial charge in [-0.3, -0.25) is 15.0 Å². The smallest absolute Gasteiger partial charge is 0.324 e. The highest BCUT2D eigenvalue weighted by atomic mass is 32.2. The molecule has 0 saturated heterocycles. The van der Waals surface area contributed by atoms with E-state index in [2.05, 4.69) is 5.32 Å². The van der Waals surface area contributed by atoms with Crippen LogP contribution in [0.2, 0.25) is 0 Å². The van der Waals surface area contributed by atoms with E-state index in [4.69, 9.17) is 9.47 Å². The van der Waals surface area contributed by atoms with Gasteiger partial charge in [0.2, 0.25) is 0 Å². The summed E-state index contributed by atoms with van der Waals surface area (Å²) in [5, 5.41) is 2.45. The maximum atomic E-state index is 12.3. The van der Waals surface area contributed by atoms with Crippen LogP contribution in [0, 0.1) is 0 Å². The van der Waals surface area contributed by atoms with Crippen LogP contribution in [0.15, 0.2) is 23.1 Å². The second kappa shape index (κ2) is 8.17. The number of rotatable bonds is 8. The fourth-order valence-electron chi connectivity index (χ4n) is 1.91. The largest absolute Gasteiger partial charge is 0.490 e. The van der Waals surface area contributed by atoms with E-state index in [1.54, 1.807) is 13.8 Å². The average molecular weight is 371 g/mol. The van der Waals surface area contributed by atoms with Crippen molar-refractivity contribution in [1.29, 1.82) is 0 Å². The maximum Gasteiger partial charge on any atom is 0.324 e. The van der Waals surface area contributed by atoms with Gasteiger partial charge in [-0.1, -0.05) is 0 Å². The Morgan fingerprint density at radius 3 is 2.32 bits per heavy atom. The first-order valence-electron chi connectivity index (χ1n) is 7.89. The summed E-state index contributed by atoms with van der Waals surface area (Å²) in [6.45, 7) is 4.28. The van der Waals surface area contributed by atoms with Crippen molar-refractivity contribution in [3.05, 3.63) is 18.2 Å². The molecule has 0 heterocycles. The zero-order chi connectivity index (χ0) is 18.4. The molecular formula is C15H21N3O6S. The highest BCUT2D eigenvalue weighted by Gasteiger charge is 2.27. The Balaban J connectivity index is 2.05. The number of hydrogen-bond donors (Lipinski definition) is 3. The molecule has 0 aromatic heterocycles. The zero-order valence-corrected chi connectivity index (χ0v) is 14.8. The summed E-state index contributed by atoms with van der Waals surface area (Å²) in [4.78, 5) is 24.9. The number of sulfonamides is 1. The van der Waals surface area contributed by atoms with Crippen LogP contribution in [0.1, 0.15) is 26.7 Å². The first-order chi connectivity index (χ1) is 11.9. The van der Waals surface area contributed by atoms with Crippen LogP contribution < -0.4 is 25.0 Å². The van der Waals surface area contributed by atoms with E-state index >= 15 is 0 Å². The van der Waals surface area contributed by atoms with Crippen molar-refractivity contribution in [2.45, 2.75) is 37.6 Å². The molecule has 10 heteroatoms. The van der Waals surface area contributed by atoms with Crippen molar-refractivity contribution in [1.82, 2.24) is 15.6 Å². The molecule has 1 saturated carbocycles. The third kappa shape index (κ3) is 5.33. The molecule has 0 atom stereocenters. The maximum absolute atomic E-state index is 12.3. The summed E-state index contributed by atoms with van der Waals surface area (Å²) in [7, 11) is -4.07. The Kier molecular flexibility index (Phi) is 6.21. The summed E-state index contributed by atoms with van der Waals surface area (Å²) in [6.07, 6.45) is 1.63. The standard InChI is InChI=1S/C15H21N3O6S/c1-3-23-12-8-7-11(9-13(12)24-4-2)25(21,22)18-17-15(20)14(19)16-10-5-6-10/h7-10,18H,3-6H2,1-2H3,(H,16,19)(H,17,20). The van der Waals surface area contributed by atoms with Gasteiger partial charge in [-0.05, 0) is 38.8 Å². The average Bonchev–Trinajstić information content (AvgIpc) is 3.38. The number of hydrazine groups is 1. The molecule has 25 heavy (non-hydrogen) atoms. The van der Waals surface area contributed by atoms with Crippen LogP contribution in [0.4, 0.5) is 0 Å². The van der Waals surface area contributed by atoms with E-state index < -0.39 is 21.8 Å². The fourth-order valence-corrected chi connectivity index (χ4v) is 2.76. The van der Waals surface area contributed by atoms with E-state index in [-0.39, 0.29) is 16.7 Å². The molecule has 1 aromatic rings. The predicted molar refractivity (Wildman–Crippen MR) is 88.4 cm³/mol. The third-order valence-electron chi connectivity index (χ3n) is 3.24. The van der Waals surface area contributed by atoms with E-state index in [0.717, 1.165) is 12.8 Å². The van der Waals surface area contributed by atoms with Gasteiger partial charge in [0.1, 0.15) is 0 Å². The molecule has 1 aromatic carbocycles. The summed E-state index contributed by atoms with van der Waals surface area (Å²) in [5.41, 5.74) is 1.88. The minimum absolute atomic E-state index is 0.00489. The Bertz CT molecular complexity index is 746. The van der Waals surface area contributed by atoms with Gasteiger partial charge < -0.3 is 14.8 Å². The topological polar surface area (TPSA) is 123 Å². The van der Waals surface area contributed by atoms with Gasteiger partial charge in [0, 0.05) is 12.1 Å². The lowest BCUT2D eigenvalue weighted by molar-refractivity contribution is -0.139. The van der Waals surface area contributed by atoms with Crippen molar-refractivity contribution in [2.75, 3.05) is 13.2 Å². The molecular weight excluding hydrogens is 350 g/mol. The lowest BCUT2D eigenvalue weighted by Gasteiger charge is -2.13. The lowest BCUT2D eigenvalue weighted by atomic mass is 10.3. The quantitative estimate of drug-likeness (QED) is 0.439. The molecule has 0 unspecified atom stereocenters. The second-order valence-electron chi connectivity index (χ2n) is 5.28. The molecule has 138 valence electrons. The lowest BCUT2D eigenvalue weighted by Crippen LogP contribution is -2.48. The van der Waals surface area contributed by atoms with E-state index in [9.17, 15) is 18.0 Å². The van der Waals surface area contributed by atoms with Crippen molar-refractivity contribution < 1.29 is 27.5 Å². The summed E-state index contributed by atoms with van der Waals surface area (Å²) in [5.74, 6) is -1.28. The number of hydrogen-bond acceptors (Lipinski definition) is 6. The Morgan fingerprint density at radius 1 is 1.08 bits per heavy atom. The van der Waals surface area contributed by atoms with Crippen molar-refractivity contribution >= 4 is 21.8 Å². The highest BCUT2D eigenvalue weighted by Crippen LogP contribution is 2.30. The minimum Gasteiger partial charge on any atom is -0.490 e. The van der Waals surface area contributed by atoms with Gasteiger partial charge >= 0.3 is 11.8 Å². The number of amides is 2. The normalized spacial score (nSPS) is 13.8. The predicted octanol–water partition coefficient (Wildman–Crippen LogP) is 0.0721. The van der Waals surface area contributed by atoms with E-state index in [1.165, 1.54) is 18.2 Å². The number of carbonyl (C=O) groups excluding carboxylic acids is 2. The molecule has 0 spiro atoms. The van der Waals surface area contributed by atoms with E-state index in [1.807, 2.05) is 10.3 Å². The monoisotopic (exact) mass is 371 g/mol. The Labute approximate surface area is 146 Å². The minimum atomic E-state index is -4.07. The van der Waals surface area contributed by atoms with Crippen molar-refractivity contribution in [3.8, 4) is 11.5 Å². The Hall–Kier alpha value is -2.33. The van der Waals surface area contributed by atoms with Gasteiger partial charge in [0.25, 0.3) is 10.0 Å². The number of nitrogens with one attached hydrogen (secondary N) is 3. The molecule has 2 rings (SSSR count). The number of carbonyl (C=O) groups is 2. The van der Waals surface area contributed by atoms with Crippen LogP contribution >= 0.6 is 0 Å². The molecule has 0 aliphatic heterocycles. The molecule has 9 nitrogen and oxygen atoms in total. The molecule has 2 amide bonds. The first kappa shape index (κ1) is 19.0. The molecule has 1 fully saturated rings. The first-order valence-corrected chi connectivity index (χ1v) is 9.38. The van der Waals surface area contributed by atoms with Crippen LogP contribution in [0.5, 0.6) is 11.5 Å². The van der Waals surface area contributed by atoms with Gasteiger partial charge in [0.15, 0.2) is 11.5 Å². The molecule has 1 aliphatic rings. The zero-order valence-electron chi connectivity index (χ0n) is 14.0. The van der Waals surface area contributed by atoms with Crippen LogP contribution in [0.3, 0.4) is 0 Å². The molecule has 1 aliphatic carbocycles. The second-order valence-corrected chi connectivity index (χ2v) is 6.96. The SMILES string of the molecule is CCOc1ccc(S(=O)(=O)NNC(=O)C(=O)NC2CC2)cc1OCC. The number of ether oxygens (including phenoxy) is 2. The molecule has 0 radical (unpaired) electrons. The summed E-state index contributed by atoms with van der Waals surface area (Å²) < 4.78 is 35.3. The molecule has 0 bridgehead atoms. The van der Waals surface area contributed by atoms with Gasteiger partial charge in [0.05, 0.1) is 18.1 Å². The Morgan fingerprint density at radius 2 is 1.72 bits per heavy atom. The third-order valence-corrected chi connectivity index (χ3v) is 4.49. The van der Waals surface area contributed by atoms with Gasteiger partial charge in [-0.15, -0.1) is 4.83 Å². The molecule has 3 N–H and O–H groups in total. The fraction of sp³-hybridized carbons (Fsp3) is 0.467. The van der Waals surface area contributed by atoms with E-state index in [0.29, 0.717) is 19.0 Å². The van der Waals surface area contributed by atoms with Crippen LogP contribution in [-0.2, 0) is 19.6 Å². The number of benzene rings is 1. The highest BCUT2D eigenvalue weighted by molar-refractivity contribution is 7.89. The summed E-state index contributed by atoms with van der Waals surface area (Å²) in [6, 6.07) is 4.05. The van der Waals surface area contributed by atoms with Crippen LogP contribution in [-0.4, -0.2) is 39.5 Å². The van der Waals surface area contributed by atoms with Crippen molar-refractivity contribution in [2.24, 2.45) is 0 Å². The van der Waals surface area contributed by atoms with Crippen molar-refractivity contribution in [3.63, 3.8) is 0 Å². The van der Waals surface area contributed by atoms with Crippen LogP contribution in [0.25, 0.3) is 0 Å². The van der Waals surface area contributed by atoms with Gasteiger partial charge in [-0.2, -0.15) is 0 Å².